The van der Waals surface area contributed by atoms with E-state index >= 15 is 0 Å². The van der Waals surface area contributed by atoms with Crippen LogP contribution in [0.1, 0.15) is 49.0 Å². The Labute approximate surface area is 130 Å². The average molecular weight is 307 g/mol. The first-order chi connectivity index (χ1) is 8.34. The Bertz CT molecular complexity index is 254. The summed E-state index contributed by atoms with van der Waals surface area (Å²) in [6.07, 6.45) is 2.85. The minimum Gasteiger partial charge on any atom is -0.370 e. The number of hydrogen-bond acceptors (Lipinski definition) is 5. The van der Waals surface area contributed by atoms with Crippen LogP contribution >= 0.6 is 0 Å². The second-order valence-corrected chi connectivity index (χ2v) is 4.21. The predicted molar refractivity (Wildman–Crippen MR) is 93.0 cm³/mol. The fourth-order valence-corrected chi connectivity index (χ4v) is 0.760. The molecule has 0 aliphatic rings. The Balaban J connectivity index is -0.0000000762. The van der Waals surface area contributed by atoms with Crippen LogP contribution in [0, 0.1) is 5.92 Å². The Hall–Kier alpha value is -1.47. The molecule has 2 atom stereocenters. The van der Waals surface area contributed by atoms with Crippen molar-refractivity contribution in [3.8, 4) is 0 Å². The number of aliphatic imine (C=N–C) groups is 1. The molecular formula is C14H37N5O2. The van der Waals surface area contributed by atoms with E-state index in [0.717, 1.165) is 19.0 Å². The number of aldehydes is 2. The Morgan fingerprint density at radius 3 is 1.76 bits per heavy atom. The van der Waals surface area contributed by atoms with Crippen LogP contribution in [0.3, 0.4) is 0 Å². The molecule has 8 N–H and O–H groups in total. The zero-order chi connectivity index (χ0) is 14.6. The van der Waals surface area contributed by atoms with Gasteiger partial charge in [-0.2, -0.15) is 0 Å². The largest absolute Gasteiger partial charge is 0.370 e. The molecule has 0 bridgehead atoms. The number of nitrogens with zero attached hydrogens (tertiary/aromatic N) is 1. The van der Waals surface area contributed by atoms with E-state index in [-0.39, 0.29) is 46.2 Å². The molecule has 21 heavy (non-hydrogen) atoms. The highest BCUT2D eigenvalue weighted by Gasteiger charge is 2.02. The summed E-state index contributed by atoms with van der Waals surface area (Å²) < 4.78 is 0. The molecule has 0 aromatic rings. The first-order valence-electron chi connectivity index (χ1n) is 5.82. The highest BCUT2D eigenvalue weighted by molar-refractivity contribution is 5.75. The van der Waals surface area contributed by atoms with Crippen molar-refractivity contribution in [2.45, 2.75) is 61.1 Å². The molecule has 0 heterocycles. The van der Waals surface area contributed by atoms with Crippen molar-refractivity contribution in [2.24, 2.45) is 33.8 Å². The van der Waals surface area contributed by atoms with E-state index in [4.69, 9.17) is 22.9 Å². The summed E-state index contributed by atoms with van der Waals surface area (Å²) in [5.74, 6) is 0.349. The van der Waals surface area contributed by atoms with Crippen molar-refractivity contribution < 1.29 is 9.59 Å². The van der Waals surface area contributed by atoms with E-state index in [0.29, 0.717) is 13.0 Å². The summed E-state index contributed by atoms with van der Waals surface area (Å²) in [6.45, 7) is 4.36. The minimum atomic E-state index is -0.385. The van der Waals surface area contributed by atoms with Crippen LogP contribution in [0.15, 0.2) is 4.99 Å². The third kappa shape index (κ3) is 27.7. The molecule has 7 nitrogen and oxygen atoms in total. The van der Waals surface area contributed by atoms with Crippen LogP contribution in [0.25, 0.3) is 0 Å². The van der Waals surface area contributed by atoms with Gasteiger partial charge in [-0.3, -0.25) is 4.99 Å². The molecule has 0 saturated heterocycles. The van der Waals surface area contributed by atoms with Crippen molar-refractivity contribution in [3.63, 3.8) is 0 Å². The second-order valence-electron chi connectivity index (χ2n) is 4.21. The molecule has 7 heteroatoms. The van der Waals surface area contributed by atoms with E-state index in [1.54, 1.807) is 0 Å². The van der Waals surface area contributed by atoms with E-state index in [1.165, 1.54) is 0 Å². The van der Waals surface area contributed by atoms with Crippen LogP contribution < -0.4 is 22.9 Å². The van der Waals surface area contributed by atoms with Crippen molar-refractivity contribution in [3.05, 3.63) is 0 Å². The maximum Gasteiger partial charge on any atom is 0.185 e. The standard InChI is InChI=1S/C6H14N4O.C5H11NO.3CH4/c7-5(4-11)2-1-3-10-6(8)9;1-4(2)5(6)3-7;;;/h4-5H,1-3,7H2,(H4,8,9,10);3-5H,6H2,1-2H3;3*1H4/t2*5-;;;/m10.../s1. The van der Waals surface area contributed by atoms with E-state index in [2.05, 4.69) is 4.99 Å². The molecule has 0 aromatic carbocycles. The first kappa shape index (κ1) is 31.8. The third-order valence-corrected chi connectivity index (χ3v) is 2.09. The highest BCUT2D eigenvalue weighted by atomic mass is 16.1. The lowest BCUT2D eigenvalue weighted by atomic mass is 10.1. The SMILES string of the molecule is C.C.C.CC(C)[C@@H](N)C=O.NC(N)=NCCC[C@@H](N)C=O. The fraction of sp³-hybridized carbons (Fsp3) is 0.786. The molecule has 0 amide bonds. The Morgan fingerprint density at radius 1 is 1.05 bits per heavy atom. The van der Waals surface area contributed by atoms with Crippen LogP contribution in [0.4, 0.5) is 0 Å². The number of carbonyl (C=O) groups excluding carboxylic acids is 2. The summed E-state index contributed by atoms with van der Waals surface area (Å²) in [5.41, 5.74) is 20.7. The van der Waals surface area contributed by atoms with Gasteiger partial charge in [-0.1, -0.05) is 36.1 Å². The van der Waals surface area contributed by atoms with Gasteiger partial charge in [0.1, 0.15) is 12.6 Å². The van der Waals surface area contributed by atoms with E-state index in [9.17, 15) is 9.59 Å². The lowest BCUT2D eigenvalue weighted by molar-refractivity contribution is -0.110. The molecular weight excluding hydrogens is 270 g/mol. The summed E-state index contributed by atoms with van der Waals surface area (Å²) in [7, 11) is 0. The lowest BCUT2D eigenvalue weighted by Crippen LogP contribution is -2.27. The normalized spacial score (nSPS) is 11.1. The van der Waals surface area contributed by atoms with E-state index in [1.807, 2.05) is 13.8 Å². The van der Waals surface area contributed by atoms with Crippen LogP contribution in [-0.4, -0.2) is 37.2 Å². The maximum absolute atomic E-state index is 10.0. The number of carbonyl (C=O) groups is 2. The molecule has 0 spiro atoms. The number of rotatable bonds is 7. The molecule has 0 aliphatic heterocycles. The van der Waals surface area contributed by atoms with Gasteiger partial charge >= 0.3 is 0 Å². The molecule has 0 aromatic heterocycles. The molecule has 0 radical (unpaired) electrons. The van der Waals surface area contributed by atoms with Crippen LogP contribution in [0.2, 0.25) is 0 Å². The number of hydrogen-bond donors (Lipinski definition) is 4. The van der Waals surface area contributed by atoms with Gasteiger partial charge in [0.25, 0.3) is 0 Å². The van der Waals surface area contributed by atoms with Crippen molar-refractivity contribution in [1.29, 1.82) is 0 Å². The van der Waals surface area contributed by atoms with E-state index < -0.39 is 0 Å². The monoisotopic (exact) mass is 307 g/mol. The van der Waals surface area contributed by atoms with Gasteiger partial charge in [-0.05, 0) is 18.8 Å². The topological polar surface area (TPSA) is 151 Å². The predicted octanol–water partition coefficient (Wildman–Crippen LogP) is 0.643. The van der Waals surface area contributed by atoms with Gasteiger partial charge in [0.2, 0.25) is 0 Å². The Morgan fingerprint density at radius 2 is 1.52 bits per heavy atom. The van der Waals surface area contributed by atoms with Gasteiger partial charge in [0.05, 0.1) is 12.1 Å². The zero-order valence-electron chi connectivity index (χ0n) is 11.1. The molecule has 130 valence electrons. The summed E-state index contributed by atoms with van der Waals surface area (Å²) in [4.78, 5) is 23.6. The maximum atomic E-state index is 10.0. The Kier molecular flexibility index (Phi) is 31.5. The number of nitrogens with two attached hydrogens (primary N) is 4. The van der Waals surface area contributed by atoms with Gasteiger partial charge in [-0.25, -0.2) is 0 Å². The van der Waals surface area contributed by atoms with Crippen molar-refractivity contribution in [2.75, 3.05) is 6.54 Å². The van der Waals surface area contributed by atoms with Gasteiger partial charge in [0.15, 0.2) is 5.96 Å². The third-order valence-electron chi connectivity index (χ3n) is 2.09. The molecule has 0 unspecified atom stereocenters. The molecule has 0 aliphatic carbocycles. The summed E-state index contributed by atoms with van der Waals surface area (Å²) >= 11 is 0. The molecule has 0 fully saturated rings. The highest BCUT2D eigenvalue weighted by Crippen LogP contribution is 1.92. The van der Waals surface area contributed by atoms with Gasteiger partial charge in [-0.15, -0.1) is 0 Å². The van der Waals surface area contributed by atoms with Gasteiger partial charge < -0.3 is 32.5 Å². The first-order valence-corrected chi connectivity index (χ1v) is 5.82. The second kappa shape index (κ2) is 20.8. The molecule has 0 saturated carbocycles. The quantitative estimate of drug-likeness (QED) is 0.234. The zero-order valence-corrected chi connectivity index (χ0v) is 11.1. The molecule has 0 rings (SSSR count). The van der Waals surface area contributed by atoms with Crippen LogP contribution in [-0.2, 0) is 9.59 Å². The van der Waals surface area contributed by atoms with Crippen molar-refractivity contribution >= 4 is 18.5 Å². The summed E-state index contributed by atoms with van der Waals surface area (Å²) in [5, 5.41) is 0. The van der Waals surface area contributed by atoms with Crippen molar-refractivity contribution in [1.82, 2.24) is 0 Å². The minimum absolute atomic E-state index is 0. The average Bonchev–Trinajstić information content (AvgIpc) is 2.33. The van der Waals surface area contributed by atoms with Crippen LogP contribution in [0.5, 0.6) is 0 Å². The smallest absolute Gasteiger partial charge is 0.185 e. The number of guanidine groups is 1. The fourth-order valence-electron chi connectivity index (χ4n) is 0.760. The summed E-state index contributed by atoms with van der Waals surface area (Å²) in [6, 6.07) is -0.663. The van der Waals surface area contributed by atoms with Gasteiger partial charge in [0, 0.05) is 6.54 Å². The lowest BCUT2D eigenvalue weighted by Gasteiger charge is -2.04.